The Balaban J connectivity index is 1.39. The molecular formula is C18H14N4O2S2. The SMILES string of the molecule is c1cc(-c2ccsc2)n2nc(SCc3ccc4c(c3)OCCO4)nc2n1. The van der Waals surface area contributed by atoms with Gasteiger partial charge in [-0.2, -0.15) is 20.8 Å². The second kappa shape index (κ2) is 6.62. The first kappa shape index (κ1) is 15.7. The molecule has 0 N–H and O–H groups in total. The third kappa shape index (κ3) is 2.91. The van der Waals surface area contributed by atoms with E-state index in [1.54, 1.807) is 33.8 Å². The molecule has 26 heavy (non-hydrogen) atoms. The van der Waals surface area contributed by atoms with Crippen molar-refractivity contribution in [1.29, 1.82) is 0 Å². The predicted octanol–water partition coefficient (Wildman–Crippen LogP) is 3.92. The Kier molecular flexibility index (Phi) is 3.99. The molecule has 130 valence electrons. The smallest absolute Gasteiger partial charge is 0.253 e. The topological polar surface area (TPSA) is 61.5 Å². The molecular weight excluding hydrogens is 368 g/mol. The van der Waals surface area contributed by atoms with Crippen LogP contribution in [0.15, 0.2) is 52.4 Å². The zero-order valence-corrected chi connectivity index (χ0v) is 15.3. The standard InChI is InChI=1S/C18H14N4O2S2/c1-2-15-16(24-7-6-23-15)9-12(1)10-26-18-20-17-19-5-3-14(22(17)21-18)13-4-8-25-11-13/h1-5,8-9,11H,6-7,10H2. The van der Waals surface area contributed by atoms with Gasteiger partial charge in [0.05, 0.1) is 5.69 Å². The highest BCUT2D eigenvalue weighted by Gasteiger charge is 2.14. The number of thiophene rings is 1. The van der Waals surface area contributed by atoms with Crippen LogP contribution in [-0.2, 0) is 5.75 Å². The van der Waals surface area contributed by atoms with Crippen LogP contribution >= 0.6 is 23.1 Å². The molecule has 4 heterocycles. The number of ether oxygens (including phenoxy) is 2. The van der Waals surface area contributed by atoms with Crippen molar-refractivity contribution >= 4 is 28.9 Å². The first-order chi connectivity index (χ1) is 12.9. The van der Waals surface area contributed by atoms with Crippen LogP contribution in [-0.4, -0.2) is 32.8 Å². The molecule has 6 nitrogen and oxygen atoms in total. The van der Waals surface area contributed by atoms with Gasteiger partial charge in [-0.3, -0.25) is 0 Å². The Morgan fingerprint density at radius 1 is 1.12 bits per heavy atom. The number of hydrogen-bond donors (Lipinski definition) is 0. The van der Waals surface area contributed by atoms with E-state index in [0.29, 0.717) is 24.1 Å². The number of fused-ring (bicyclic) bond motifs is 2. The normalized spacial score (nSPS) is 13.2. The molecule has 0 radical (unpaired) electrons. The number of aromatic nitrogens is 4. The lowest BCUT2D eigenvalue weighted by Crippen LogP contribution is -2.15. The van der Waals surface area contributed by atoms with E-state index in [0.717, 1.165) is 34.1 Å². The molecule has 5 rings (SSSR count). The fourth-order valence-electron chi connectivity index (χ4n) is 2.79. The van der Waals surface area contributed by atoms with Crippen LogP contribution in [0.25, 0.3) is 17.0 Å². The fraction of sp³-hybridized carbons (Fsp3) is 0.167. The molecule has 4 aromatic rings. The molecule has 3 aromatic heterocycles. The number of thioether (sulfide) groups is 1. The number of rotatable bonds is 4. The van der Waals surface area contributed by atoms with E-state index in [1.807, 2.05) is 24.3 Å². The first-order valence-corrected chi connectivity index (χ1v) is 10.1. The minimum atomic E-state index is 0.592. The van der Waals surface area contributed by atoms with E-state index in [2.05, 4.69) is 31.9 Å². The maximum atomic E-state index is 5.64. The first-order valence-electron chi connectivity index (χ1n) is 8.12. The Labute approximate surface area is 157 Å². The van der Waals surface area contributed by atoms with Crippen LogP contribution in [0.5, 0.6) is 11.5 Å². The van der Waals surface area contributed by atoms with E-state index in [1.165, 1.54) is 0 Å². The summed E-state index contributed by atoms with van der Waals surface area (Å²) in [6.45, 7) is 1.19. The van der Waals surface area contributed by atoms with Gasteiger partial charge in [-0.15, -0.1) is 5.10 Å². The van der Waals surface area contributed by atoms with Crippen molar-refractivity contribution < 1.29 is 9.47 Å². The largest absolute Gasteiger partial charge is 0.486 e. The molecule has 0 unspecified atom stereocenters. The Morgan fingerprint density at radius 2 is 2.04 bits per heavy atom. The van der Waals surface area contributed by atoms with Crippen molar-refractivity contribution in [2.75, 3.05) is 13.2 Å². The van der Waals surface area contributed by atoms with Gasteiger partial charge in [-0.05, 0) is 35.2 Å². The van der Waals surface area contributed by atoms with E-state index in [9.17, 15) is 0 Å². The van der Waals surface area contributed by atoms with Crippen molar-refractivity contribution in [1.82, 2.24) is 19.6 Å². The molecule has 1 aromatic carbocycles. The Hall–Kier alpha value is -2.58. The fourth-order valence-corrected chi connectivity index (χ4v) is 4.20. The van der Waals surface area contributed by atoms with Crippen molar-refractivity contribution in [3.63, 3.8) is 0 Å². The lowest BCUT2D eigenvalue weighted by Gasteiger charge is -2.18. The number of nitrogens with zero attached hydrogens (tertiary/aromatic N) is 4. The molecule has 8 heteroatoms. The second-order valence-electron chi connectivity index (χ2n) is 5.71. The molecule has 0 fully saturated rings. The molecule has 0 amide bonds. The third-order valence-corrected chi connectivity index (χ3v) is 5.60. The van der Waals surface area contributed by atoms with Gasteiger partial charge in [0.1, 0.15) is 13.2 Å². The van der Waals surface area contributed by atoms with Crippen LogP contribution in [0.1, 0.15) is 5.56 Å². The minimum Gasteiger partial charge on any atom is -0.486 e. The van der Waals surface area contributed by atoms with Crippen LogP contribution in [0.4, 0.5) is 0 Å². The summed E-state index contributed by atoms with van der Waals surface area (Å²) in [4.78, 5) is 8.86. The maximum Gasteiger partial charge on any atom is 0.253 e. The monoisotopic (exact) mass is 382 g/mol. The van der Waals surface area contributed by atoms with Gasteiger partial charge >= 0.3 is 0 Å². The summed E-state index contributed by atoms with van der Waals surface area (Å²) in [6, 6.07) is 10.1. The van der Waals surface area contributed by atoms with E-state index >= 15 is 0 Å². The van der Waals surface area contributed by atoms with Gasteiger partial charge in [-0.25, -0.2) is 4.98 Å². The number of hydrogen-bond acceptors (Lipinski definition) is 7. The van der Waals surface area contributed by atoms with Gasteiger partial charge in [0.15, 0.2) is 11.5 Å². The highest BCUT2D eigenvalue weighted by atomic mass is 32.2. The molecule has 0 saturated carbocycles. The summed E-state index contributed by atoms with van der Waals surface area (Å²) in [7, 11) is 0. The average Bonchev–Trinajstić information content (AvgIpc) is 3.35. The van der Waals surface area contributed by atoms with Gasteiger partial charge in [-0.1, -0.05) is 17.8 Å². The molecule has 0 saturated heterocycles. The minimum absolute atomic E-state index is 0.592. The molecule has 0 spiro atoms. The van der Waals surface area contributed by atoms with Crippen molar-refractivity contribution in [3.05, 3.63) is 52.9 Å². The van der Waals surface area contributed by atoms with Crippen LogP contribution in [0.2, 0.25) is 0 Å². The van der Waals surface area contributed by atoms with Crippen molar-refractivity contribution in [2.45, 2.75) is 10.9 Å². The Morgan fingerprint density at radius 3 is 2.92 bits per heavy atom. The van der Waals surface area contributed by atoms with Crippen LogP contribution in [0, 0.1) is 0 Å². The molecule has 0 bridgehead atoms. The highest BCUT2D eigenvalue weighted by molar-refractivity contribution is 7.98. The van der Waals surface area contributed by atoms with Crippen molar-refractivity contribution in [2.24, 2.45) is 0 Å². The summed E-state index contributed by atoms with van der Waals surface area (Å²) in [5, 5.41) is 9.48. The summed E-state index contributed by atoms with van der Waals surface area (Å²) in [5.41, 5.74) is 3.26. The lowest BCUT2D eigenvalue weighted by molar-refractivity contribution is 0.171. The summed E-state index contributed by atoms with van der Waals surface area (Å²) in [6.07, 6.45) is 1.77. The Bertz CT molecular complexity index is 1060. The highest BCUT2D eigenvalue weighted by Crippen LogP contribution is 2.32. The van der Waals surface area contributed by atoms with Gasteiger partial charge in [0.2, 0.25) is 5.16 Å². The predicted molar refractivity (Wildman–Crippen MR) is 101 cm³/mol. The average molecular weight is 382 g/mol. The molecule has 1 aliphatic heterocycles. The lowest BCUT2D eigenvalue weighted by atomic mass is 10.2. The number of benzene rings is 1. The van der Waals surface area contributed by atoms with Crippen LogP contribution in [0.3, 0.4) is 0 Å². The zero-order valence-electron chi connectivity index (χ0n) is 13.7. The molecule has 1 aliphatic rings. The summed E-state index contributed by atoms with van der Waals surface area (Å²) in [5.74, 6) is 2.97. The zero-order chi connectivity index (χ0) is 17.3. The van der Waals surface area contributed by atoms with Crippen LogP contribution < -0.4 is 9.47 Å². The summed E-state index contributed by atoms with van der Waals surface area (Å²) >= 11 is 3.24. The quantitative estimate of drug-likeness (QED) is 0.499. The maximum absolute atomic E-state index is 5.64. The summed E-state index contributed by atoms with van der Waals surface area (Å²) < 4.78 is 13.0. The van der Waals surface area contributed by atoms with E-state index < -0.39 is 0 Å². The van der Waals surface area contributed by atoms with Gasteiger partial charge < -0.3 is 9.47 Å². The van der Waals surface area contributed by atoms with E-state index in [4.69, 9.17) is 9.47 Å². The second-order valence-corrected chi connectivity index (χ2v) is 7.44. The third-order valence-electron chi connectivity index (χ3n) is 4.01. The molecule has 0 aliphatic carbocycles. The van der Waals surface area contributed by atoms with E-state index in [-0.39, 0.29) is 0 Å². The molecule has 0 atom stereocenters. The van der Waals surface area contributed by atoms with Gasteiger partial charge in [0, 0.05) is 22.9 Å². The van der Waals surface area contributed by atoms with Gasteiger partial charge in [0.25, 0.3) is 5.78 Å². The van der Waals surface area contributed by atoms with Crippen molar-refractivity contribution in [3.8, 4) is 22.8 Å².